The quantitative estimate of drug-likeness (QED) is 0.379. The molecule has 0 unspecified atom stereocenters. The predicted molar refractivity (Wildman–Crippen MR) is 126 cm³/mol. The summed E-state index contributed by atoms with van der Waals surface area (Å²) in [5.41, 5.74) is 9.65. The molecule has 0 amide bonds. The molecule has 0 atom stereocenters. The Morgan fingerprint density at radius 2 is 1.18 bits per heavy atom. The minimum absolute atomic E-state index is 0.753. The molecule has 0 saturated heterocycles. The van der Waals surface area contributed by atoms with Gasteiger partial charge in [-0.2, -0.15) is 13.5 Å². The standard InChI is InChI=1S/C14H18Cl2N5O2P3S2/c1-22-11-3-7-13(8-4-11)27-26(20-24(15,16)19-25(17,18)21-26)28-14-9-5-12(23-2)6-10-14/h3-10H,17-18H2,1-2H3. The molecule has 3 rings (SSSR count). The van der Waals surface area contributed by atoms with E-state index in [1.54, 1.807) is 14.2 Å². The second kappa shape index (κ2) is 8.97. The molecule has 4 N–H and O–H groups in total. The lowest BCUT2D eigenvalue weighted by Crippen LogP contribution is -2.02. The van der Waals surface area contributed by atoms with Crippen LogP contribution in [-0.2, 0) is 0 Å². The van der Waals surface area contributed by atoms with Gasteiger partial charge in [0, 0.05) is 9.79 Å². The highest BCUT2D eigenvalue weighted by Crippen LogP contribution is 2.88. The van der Waals surface area contributed by atoms with E-state index in [2.05, 4.69) is 13.5 Å². The van der Waals surface area contributed by atoms with Crippen LogP contribution in [0.3, 0.4) is 0 Å². The molecule has 0 spiro atoms. The van der Waals surface area contributed by atoms with Crippen molar-refractivity contribution in [2.24, 2.45) is 24.6 Å². The summed E-state index contributed by atoms with van der Waals surface area (Å²) >= 11 is 15.7. The highest BCUT2D eigenvalue weighted by molar-refractivity contribution is 8.91. The summed E-state index contributed by atoms with van der Waals surface area (Å²) in [4.78, 5) is 1.86. The summed E-state index contributed by atoms with van der Waals surface area (Å²) < 4.78 is 23.9. The molecule has 0 bridgehead atoms. The summed E-state index contributed by atoms with van der Waals surface area (Å²) in [7, 11) is 0.248. The third-order valence-electron chi connectivity index (χ3n) is 3.30. The Balaban J connectivity index is 2.07. The largest absolute Gasteiger partial charge is 0.497 e. The first-order valence-electron chi connectivity index (χ1n) is 7.70. The number of hydrogen-bond acceptors (Lipinski definition) is 9. The minimum Gasteiger partial charge on any atom is -0.497 e. The Labute approximate surface area is 181 Å². The van der Waals surface area contributed by atoms with Gasteiger partial charge in [0.2, 0.25) is 13.1 Å². The first-order valence-corrected chi connectivity index (χ1v) is 17.6. The van der Waals surface area contributed by atoms with Crippen molar-refractivity contribution < 1.29 is 9.47 Å². The normalized spacial score (nSPS) is 18.9. The Kier molecular flexibility index (Phi) is 7.24. The Morgan fingerprint density at radius 1 is 0.750 bits per heavy atom. The topological polar surface area (TPSA) is 108 Å². The molecular formula is C14H18Cl2N5O2P3S2. The average molecular weight is 516 g/mol. The van der Waals surface area contributed by atoms with E-state index in [4.69, 9.17) is 43.0 Å². The van der Waals surface area contributed by atoms with Crippen LogP contribution in [0.4, 0.5) is 0 Å². The third kappa shape index (κ3) is 5.98. The molecule has 0 radical (unpaired) electrons. The van der Waals surface area contributed by atoms with E-state index in [1.807, 2.05) is 48.5 Å². The van der Waals surface area contributed by atoms with Crippen molar-refractivity contribution in [1.29, 1.82) is 0 Å². The molecule has 1 heterocycles. The van der Waals surface area contributed by atoms with Crippen LogP contribution in [0, 0.1) is 0 Å². The molecule has 0 aromatic heterocycles. The number of methoxy groups -OCH3 is 2. The van der Waals surface area contributed by atoms with Crippen LogP contribution in [0.1, 0.15) is 0 Å². The summed E-state index contributed by atoms with van der Waals surface area (Å²) in [5, 5.41) is 0. The SMILES string of the molecule is COc1ccc(SP2(Sc3ccc(OC)cc3)=NP(Cl)(Cl)=NP(N)(N)=N2)cc1. The van der Waals surface area contributed by atoms with Gasteiger partial charge in [0.25, 0.3) is 5.91 Å². The zero-order valence-electron chi connectivity index (χ0n) is 14.8. The number of ether oxygens (including phenoxy) is 2. The number of nitrogens with two attached hydrogens (primary N) is 2. The van der Waals surface area contributed by atoms with Gasteiger partial charge in [0.15, 0.2) is 0 Å². The van der Waals surface area contributed by atoms with Crippen LogP contribution >= 0.6 is 64.3 Å². The first-order chi connectivity index (χ1) is 13.1. The van der Waals surface area contributed by atoms with Crippen LogP contribution < -0.4 is 20.5 Å². The fraction of sp³-hybridized carbons (Fsp3) is 0.143. The molecule has 1 aliphatic rings. The molecule has 0 aliphatic carbocycles. The number of hydrogen-bond donors (Lipinski definition) is 2. The van der Waals surface area contributed by atoms with Gasteiger partial charge in [-0.05, 0) is 93.8 Å². The summed E-state index contributed by atoms with van der Waals surface area (Å²) in [6.45, 7) is 0. The van der Waals surface area contributed by atoms with E-state index >= 15 is 0 Å². The van der Waals surface area contributed by atoms with Crippen molar-refractivity contribution in [1.82, 2.24) is 0 Å². The van der Waals surface area contributed by atoms with E-state index in [1.165, 1.54) is 22.8 Å². The monoisotopic (exact) mass is 515 g/mol. The highest BCUT2D eigenvalue weighted by atomic mass is 35.9. The van der Waals surface area contributed by atoms with Crippen molar-refractivity contribution >= 4 is 64.3 Å². The van der Waals surface area contributed by atoms with Gasteiger partial charge in [-0.15, -0.1) is 0 Å². The molecule has 14 heteroatoms. The van der Waals surface area contributed by atoms with Gasteiger partial charge in [0.05, 0.1) is 14.2 Å². The second-order valence-electron chi connectivity index (χ2n) is 5.45. The number of rotatable bonds is 6. The number of benzene rings is 2. The van der Waals surface area contributed by atoms with Crippen molar-refractivity contribution in [2.45, 2.75) is 9.79 Å². The Hall–Kier alpha value is -0.0700. The smallest absolute Gasteiger partial charge is 0.257 e. The minimum atomic E-state index is -3.03. The molecular weight excluding hydrogens is 498 g/mol. The van der Waals surface area contributed by atoms with Crippen LogP contribution in [0.25, 0.3) is 0 Å². The molecule has 7 nitrogen and oxygen atoms in total. The van der Waals surface area contributed by atoms with Gasteiger partial charge < -0.3 is 9.47 Å². The lowest BCUT2D eigenvalue weighted by atomic mass is 10.3. The Bertz CT molecular complexity index is 961. The maximum atomic E-state index is 6.38. The first kappa shape index (κ1) is 22.6. The van der Waals surface area contributed by atoms with Gasteiger partial charge in [0.1, 0.15) is 11.5 Å². The number of halogens is 2. The molecule has 28 heavy (non-hydrogen) atoms. The van der Waals surface area contributed by atoms with Gasteiger partial charge in [-0.1, -0.05) is 0 Å². The predicted octanol–water partition coefficient (Wildman–Crippen LogP) is 7.84. The van der Waals surface area contributed by atoms with Gasteiger partial charge in [-0.25, -0.2) is 0 Å². The molecule has 152 valence electrons. The lowest BCUT2D eigenvalue weighted by molar-refractivity contribution is 0.414. The molecule has 2 aromatic carbocycles. The molecule has 1 aliphatic heterocycles. The van der Waals surface area contributed by atoms with E-state index in [0.29, 0.717) is 0 Å². The highest BCUT2D eigenvalue weighted by Gasteiger charge is 2.34. The molecule has 0 fully saturated rings. The maximum absolute atomic E-state index is 6.38. The van der Waals surface area contributed by atoms with E-state index in [-0.39, 0.29) is 0 Å². The van der Waals surface area contributed by atoms with E-state index in [0.717, 1.165) is 21.3 Å². The summed E-state index contributed by atoms with van der Waals surface area (Å²) in [5.74, 6) is -1.52. The summed E-state index contributed by atoms with van der Waals surface area (Å²) in [6, 6.07) is 15.1. The summed E-state index contributed by atoms with van der Waals surface area (Å²) in [6.07, 6.45) is 0. The van der Waals surface area contributed by atoms with Crippen LogP contribution in [0.15, 0.2) is 71.9 Å². The molecule has 2 aromatic rings. The van der Waals surface area contributed by atoms with Crippen molar-refractivity contribution in [2.75, 3.05) is 14.2 Å². The molecule has 0 saturated carbocycles. The maximum Gasteiger partial charge on any atom is 0.257 e. The lowest BCUT2D eigenvalue weighted by Gasteiger charge is -2.27. The van der Waals surface area contributed by atoms with E-state index in [9.17, 15) is 0 Å². The average Bonchev–Trinajstić information content (AvgIpc) is 2.60. The van der Waals surface area contributed by atoms with Crippen LogP contribution in [-0.4, -0.2) is 14.2 Å². The third-order valence-corrected chi connectivity index (χ3v) is 19.7. The number of nitrogens with zero attached hydrogens (tertiary/aromatic N) is 3. The van der Waals surface area contributed by atoms with E-state index < -0.39 is 19.0 Å². The van der Waals surface area contributed by atoms with Crippen LogP contribution in [0.2, 0.25) is 0 Å². The van der Waals surface area contributed by atoms with Crippen molar-refractivity contribution in [3.63, 3.8) is 0 Å². The fourth-order valence-electron chi connectivity index (χ4n) is 2.18. The zero-order chi connectivity index (χ0) is 20.4. The van der Waals surface area contributed by atoms with Gasteiger partial charge in [-0.3, -0.25) is 11.0 Å². The van der Waals surface area contributed by atoms with Crippen molar-refractivity contribution in [3.05, 3.63) is 48.5 Å². The van der Waals surface area contributed by atoms with Gasteiger partial charge >= 0.3 is 0 Å². The van der Waals surface area contributed by atoms with Crippen molar-refractivity contribution in [3.8, 4) is 11.5 Å². The van der Waals surface area contributed by atoms with Crippen LogP contribution in [0.5, 0.6) is 11.5 Å². The second-order valence-corrected chi connectivity index (χ2v) is 20.4. The zero-order valence-corrected chi connectivity index (χ0v) is 20.7. The fourth-order valence-corrected chi connectivity index (χ4v) is 24.0. The Morgan fingerprint density at radius 3 is 1.54 bits per heavy atom.